The highest BCUT2D eigenvalue weighted by atomic mass is 28.1. The van der Waals surface area contributed by atoms with Gasteiger partial charge in [-0.05, 0) is 53.7 Å². The van der Waals surface area contributed by atoms with Crippen LogP contribution in [0.5, 0.6) is 0 Å². The van der Waals surface area contributed by atoms with Gasteiger partial charge in [0.1, 0.15) is 0 Å². The monoisotopic (exact) mass is 358 g/mol. The molecule has 0 nitrogen and oxygen atoms in total. The summed E-state index contributed by atoms with van der Waals surface area (Å²) in [5, 5.41) is 8.57. The van der Waals surface area contributed by atoms with E-state index in [1.807, 2.05) is 0 Å². The summed E-state index contributed by atoms with van der Waals surface area (Å²) in [5.41, 5.74) is 1.95. The van der Waals surface area contributed by atoms with Crippen molar-refractivity contribution in [2.75, 3.05) is 0 Å². The fourth-order valence-electron chi connectivity index (χ4n) is 5.10. The topological polar surface area (TPSA) is 0 Å². The molecule has 0 heterocycles. The molecule has 1 heteroatoms. The Morgan fingerprint density at radius 2 is 1.04 bits per heavy atom. The highest BCUT2D eigenvalue weighted by molar-refractivity contribution is 6.26. The molecule has 134 valence electrons. The van der Waals surface area contributed by atoms with Crippen LogP contribution in [0.1, 0.15) is 47.1 Å². The zero-order valence-electron chi connectivity index (χ0n) is 17.2. The summed E-state index contributed by atoms with van der Waals surface area (Å²) in [4.78, 5) is 0. The van der Waals surface area contributed by atoms with Crippen LogP contribution in [-0.2, 0) is 5.04 Å². The second-order valence-corrected chi connectivity index (χ2v) is 11.6. The van der Waals surface area contributed by atoms with Crippen LogP contribution in [-0.4, -0.2) is 10.2 Å². The Morgan fingerprint density at radius 1 is 0.577 bits per heavy atom. The first kappa shape index (κ1) is 17.5. The summed E-state index contributed by atoms with van der Waals surface area (Å²) in [5.74, 6) is 0. The molecule has 0 fully saturated rings. The van der Waals surface area contributed by atoms with Crippen LogP contribution in [0.2, 0.25) is 0 Å². The lowest BCUT2D eigenvalue weighted by molar-refractivity contribution is 0.134. The van der Waals surface area contributed by atoms with Gasteiger partial charge in [0.15, 0.2) is 0 Å². The lowest BCUT2D eigenvalue weighted by Gasteiger charge is -2.52. The first-order chi connectivity index (χ1) is 12.1. The Morgan fingerprint density at radius 3 is 1.58 bits per heavy atom. The van der Waals surface area contributed by atoms with Crippen LogP contribution in [0.4, 0.5) is 0 Å². The highest BCUT2D eigenvalue weighted by Gasteiger charge is 2.48. The van der Waals surface area contributed by atoms with E-state index in [4.69, 9.17) is 0 Å². The zero-order valence-corrected chi connectivity index (χ0v) is 19.2. The van der Waals surface area contributed by atoms with E-state index in [-0.39, 0.29) is 15.9 Å². The first-order valence-electron chi connectivity index (χ1n) is 9.73. The molecular formula is C25H30Si. The molecule has 0 aliphatic rings. The van der Waals surface area contributed by atoms with Crippen molar-refractivity contribution in [2.24, 2.45) is 10.8 Å². The molecule has 0 aromatic heterocycles. The van der Waals surface area contributed by atoms with Crippen molar-refractivity contribution in [3.63, 3.8) is 0 Å². The van der Waals surface area contributed by atoms with Crippen LogP contribution >= 0.6 is 0 Å². The van der Waals surface area contributed by atoms with Crippen LogP contribution < -0.4 is 0 Å². The van der Waals surface area contributed by atoms with E-state index in [9.17, 15) is 0 Å². The molecule has 0 atom stereocenters. The Kier molecular flexibility index (Phi) is 3.59. The molecule has 26 heavy (non-hydrogen) atoms. The standard InChI is InChI=1S/C25H30Si/c1-23(2,3)25(26,24(4,5)6)20-15-13-18-11-10-16-8-7-9-17-12-14-19(20)22(18)21(16)17/h7-15H,1-6,26H3. The van der Waals surface area contributed by atoms with Gasteiger partial charge in [0.25, 0.3) is 0 Å². The third-order valence-electron chi connectivity index (χ3n) is 7.07. The molecule has 4 rings (SSSR count). The summed E-state index contributed by atoms with van der Waals surface area (Å²) >= 11 is 0. The van der Waals surface area contributed by atoms with Crippen molar-refractivity contribution in [3.8, 4) is 0 Å². The van der Waals surface area contributed by atoms with Gasteiger partial charge in [0.2, 0.25) is 0 Å². The Labute approximate surface area is 160 Å². The number of hydrogen-bond donors (Lipinski definition) is 0. The smallest absolute Gasteiger partial charge is 0.0176 e. The molecule has 4 aromatic carbocycles. The maximum atomic E-state index is 2.42. The van der Waals surface area contributed by atoms with Gasteiger partial charge in [-0.3, -0.25) is 0 Å². The Hall–Kier alpha value is -1.86. The minimum atomic E-state index is 0.183. The predicted molar refractivity (Wildman–Crippen MR) is 121 cm³/mol. The van der Waals surface area contributed by atoms with E-state index in [0.29, 0.717) is 0 Å². The first-order valence-corrected chi connectivity index (χ1v) is 10.7. The van der Waals surface area contributed by atoms with E-state index >= 15 is 0 Å². The van der Waals surface area contributed by atoms with Gasteiger partial charge >= 0.3 is 0 Å². The second-order valence-electron chi connectivity index (χ2n) is 10.1. The second kappa shape index (κ2) is 5.33. The molecule has 0 saturated heterocycles. The summed E-state index contributed by atoms with van der Waals surface area (Å²) in [6.07, 6.45) is 0. The van der Waals surface area contributed by atoms with Gasteiger partial charge in [-0.1, -0.05) is 96.1 Å². The molecule has 0 spiro atoms. The van der Waals surface area contributed by atoms with Crippen molar-refractivity contribution in [3.05, 3.63) is 60.2 Å². The predicted octanol–water partition coefficient (Wildman–Crippen LogP) is 6.24. The van der Waals surface area contributed by atoms with Crippen LogP contribution in [0.3, 0.4) is 0 Å². The average molecular weight is 359 g/mol. The maximum Gasteiger partial charge on any atom is 0.0176 e. The Balaban J connectivity index is 2.21. The quantitative estimate of drug-likeness (QED) is 0.279. The van der Waals surface area contributed by atoms with Gasteiger partial charge in [0.05, 0.1) is 0 Å². The van der Waals surface area contributed by atoms with Crippen molar-refractivity contribution in [1.82, 2.24) is 0 Å². The van der Waals surface area contributed by atoms with E-state index in [0.717, 1.165) is 10.2 Å². The normalized spacial score (nSPS) is 14.1. The minimum Gasteiger partial charge on any atom is -0.0610 e. The van der Waals surface area contributed by atoms with Crippen molar-refractivity contribution < 1.29 is 0 Å². The summed E-state index contributed by atoms with van der Waals surface area (Å²) in [7, 11) is 1.12. The molecule has 0 aliphatic carbocycles. The molecule has 0 unspecified atom stereocenters. The molecular weight excluding hydrogens is 328 g/mol. The van der Waals surface area contributed by atoms with Crippen LogP contribution in [0.25, 0.3) is 32.3 Å². The van der Waals surface area contributed by atoms with Crippen LogP contribution in [0, 0.1) is 10.8 Å². The molecule has 0 saturated carbocycles. The van der Waals surface area contributed by atoms with Gasteiger partial charge in [-0.15, -0.1) is 0 Å². The largest absolute Gasteiger partial charge is 0.0610 e. The minimum absolute atomic E-state index is 0.183. The van der Waals surface area contributed by atoms with E-state index in [1.54, 1.807) is 0 Å². The number of benzene rings is 4. The number of hydrogen-bond acceptors (Lipinski definition) is 0. The molecule has 0 bridgehead atoms. The van der Waals surface area contributed by atoms with Gasteiger partial charge in [-0.25, -0.2) is 0 Å². The summed E-state index contributed by atoms with van der Waals surface area (Å²) in [6.45, 7) is 14.5. The van der Waals surface area contributed by atoms with E-state index in [2.05, 4.69) is 96.1 Å². The summed E-state index contributed by atoms with van der Waals surface area (Å²) < 4.78 is 0. The Bertz CT molecular complexity index is 1080. The molecule has 4 aromatic rings. The zero-order chi connectivity index (χ0) is 18.9. The van der Waals surface area contributed by atoms with Crippen molar-refractivity contribution in [1.29, 1.82) is 0 Å². The van der Waals surface area contributed by atoms with Gasteiger partial charge < -0.3 is 0 Å². The molecule has 0 N–H and O–H groups in total. The lowest BCUT2D eigenvalue weighted by Crippen LogP contribution is -2.51. The average Bonchev–Trinajstić information content (AvgIpc) is 2.57. The number of rotatable bonds is 1. The van der Waals surface area contributed by atoms with E-state index in [1.165, 1.54) is 37.9 Å². The third-order valence-corrected chi connectivity index (χ3v) is 10.6. The lowest BCUT2D eigenvalue weighted by atomic mass is 9.61. The fraction of sp³-hybridized carbons (Fsp3) is 0.360. The fourth-order valence-corrected chi connectivity index (χ4v) is 5.54. The van der Waals surface area contributed by atoms with E-state index < -0.39 is 0 Å². The SMILES string of the molecule is CC(C)(C)C([SiH3])(c1ccc2ccc3cccc4ccc1c2c34)C(C)(C)C. The third kappa shape index (κ3) is 2.19. The van der Waals surface area contributed by atoms with Crippen LogP contribution in [0.15, 0.2) is 54.6 Å². The molecule has 0 radical (unpaired) electrons. The molecule has 0 amide bonds. The van der Waals surface area contributed by atoms with Crippen molar-refractivity contribution >= 4 is 42.6 Å². The highest BCUT2D eigenvalue weighted by Crippen LogP contribution is 2.53. The van der Waals surface area contributed by atoms with Crippen molar-refractivity contribution in [2.45, 2.75) is 46.6 Å². The maximum absolute atomic E-state index is 2.42. The molecule has 0 aliphatic heterocycles. The van der Waals surface area contributed by atoms with Gasteiger partial charge in [0, 0.05) is 10.2 Å². The van der Waals surface area contributed by atoms with Gasteiger partial charge in [-0.2, -0.15) is 0 Å². The summed E-state index contributed by atoms with van der Waals surface area (Å²) in [6, 6.07) is 20.7.